The van der Waals surface area contributed by atoms with Crippen molar-refractivity contribution in [1.82, 2.24) is 4.98 Å². The number of nitrogens with one attached hydrogen (secondary N) is 2. The molecule has 9 heteroatoms. The molecule has 0 saturated carbocycles. The lowest BCUT2D eigenvalue weighted by Crippen LogP contribution is -2.16. The standard InChI is InChI=1S/C14H15N3O4S2/c1-3-21-13(20)10-4-5-22-12(10)17-11(19)6-9-7-23-14(16-9)15-8(2)18/h4-5,7H,3,6H2,1-2H3,(H,17,19)(H,15,16,18). The topological polar surface area (TPSA) is 97.4 Å². The first-order valence-corrected chi connectivity index (χ1v) is 8.52. The number of carbonyl (C=O) groups is 3. The molecule has 0 bridgehead atoms. The van der Waals surface area contributed by atoms with Gasteiger partial charge in [0.05, 0.1) is 24.3 Å². The Hall–Kier alpha value is -2.26. The zero-order valence-corrected chi connectivity index (χ0v) is 14.2. The molecule has 0 fully saturated rings. The molecule has 122 valence electrons. The Morgan fingerprint density at radius 1 is 1.26 bits per heavy atom. The highest BCUT2D eigenvalue weighted by Gasteiger charge is 2.16. The lowest BCUT2D eigenvalue weighted by atomic mass is 10.3. The largest absolute Gasteiger partial charge is 0.462 e. The van der Waals surface area contributed by atoms with Crippen molar-refractivity contribution in [1.29, 1.82) is 0 Å². The average molecular weight is 353 g/mol. The van der Waals surface area contributed by atoms with Crippen molar-refractivity contribution in [3.05, 3.63) is 28.1 Å². The van der Waals surface area contributed by atoms with Gasteiger partial charge in [-0.3, -0.25) is 9.59 Å². The number of rotatable bonds is 6. The van der Waals surface area contributed by atoms with Crippen LogP contribution in [0.25, 0.3) is 0 Å². The highest BCUT2D eigenvalue weighted by Crippen LogP contribution is 2.24. The molecular formula is C14H15N3O4S2. The Kier molecular flexibility index (Phi) is 5.83. The molecule has 0 aromatic carbocycles. The Morgan fingerprint density at radius 3 is 2.74 bits per heavy atom. The molecule has 2 heterocycles. The smallest absolute Gasteiger partial charge is 0.341 e. The Bertz CT molecular complexity index is 723. The van der Waals surface area contributed by atoms with Crippen LogP contribution in [0, 0.1) is 0 Å². The molecule has 23 heavy (non-hydrogen) atoms. The summed E-state index contributed by atoms with van der Waals surface area (Å²) in [6, 6.07) is 1.61. The van der Waals surface area contributed by atoms with Crippen LogP contribution in [0.5, 0.6) is 0 Å². The van der Waals surface area contributed by atoms with E-state index in [1.54, 1.807) is 23.8 Å². The molecule has 0 aliphatic carbocycles. The first kappa shape index (κ1) is 17.1. The number of carbonyl (C=O) groups excluding carboxylic acids is 3. The summed E-state index contributed by atoms with van der Waals surface area (Å²) in [4.78, 5) is 38.9. The van der Waals surface area contributed by atoms with Crippen molar-refractivity contribution in [2.45, 2.75) is 20.3 Å². The minimum absolute atomic E-state index is 0.0518. The molecule has 2 rings (SSSR count). The van der Waals surface area contributed by atoms with Gasteiger partial charge in [0, 0.05) is 12.3 Å². The van der Waals surface area contributed by atoms with Gasteiger partial charge >= 0.3 is 5.97 Å². The first-order valence-electron chi connectivity index (χ1n) is 6.76. The third kappa shape index (κ3) is 4.86. The summed E-state index contributed by atoms with van der Waals surface area (Å²) in [6.07, 6.45) is 0.0518. The fourth-order valence-corrected chi connectivity index (χ4v) is 3.25. The van der Waals surface area contributed by atoms with Gasteiger partial charge in [0.1, 0.15) is 5.00 Å². The number of thiazole rings is 1. The van der Waals surface area contributed by atoms with Crippen LogP contribution in [0.2, 0.25) is 0 Å². The second-order valence-electron chi connectivity index (χ2n) is 4.43. The Morgan fingerprint density at radius 2 is 2.04 bits per heavy atom. The Balaban J connectivity index is 1.97. The molecule has 2 N–H and O–H groups in total. The number of aromatic nitrogens is 1. The molecule has 7 nitrogen and oxygen atoms in total. The van der Waals surface area contributed by atoms with E-state index in [-0.39, 0.29) is 24.8 Å². The van der Waals surface area contributed by atoms with Crippen LogP contribution >= 0.6 is 22.7 Å². The molecule has 2 aromatic heterocycles. The summed E-state index contributed by atoms with van der Waals surface area (Å²) in [5.41, 5.74) is 0.882. The maximum absolute atomic E-state index is 12.1. The summed E-state index contributed by atoms with van der Waals surface area (Å²) in [7, 11) is 0. The van der Waals surface area contributed by atoms with Crippen LogP contribution in [0.3, 0.4) is 0 Å². The SMILES string of the molecule is CCOC(=O)c1ccsc1NC(=O)Cc1csc(NC(C)=O)n1. The molecule has 0 aliphatic rings. The number of hydrogen-bond donors (Lipinski definition) is 2. The maximum atomic E-state index is 12.1. The van der Waals surface area contributed by atoms with E-state index in [1.807, 2.05) is 0 Å². The van der Waals surface area contributed by atoms with Crippen molar-refractivity contribution in [3.63, 3.8) is 0 Å². The van der Waals surface area contributed by atoms with E-state index in [0.717, 1.165) is 0 Å². The van der Waals surface area contributed by atoms with E-state index in [2.05, 4.69) is 15.6 Å². The molecule has 2 amide bonds. The van der Waals surface area contributed by atoms with E-state index in [4.69, 9.17) is 4.74 Å². The summed E-state index contributed by atoms with van der Waals surface area (Å²) >= 11 is 2.50. The molecule has 0 aliphatic heterocycles. The Labute approximate surface area is 140 Å². The molecule has 2 aromatic rings. The molecule has 0 spiro atoms. The lowest BCUT2D eigenvalue weighted by Gasteiger charge is -2.05. The van der Waals surface area contributed by atoms with E-state index in [9.17, 15) is 14.4 Å². The normalized spacial score (nSPS) is 10.2. The van der Waals surface area contributed by atoms with Crippen molar-refractivity contribution >= 4 is 50.6 Å². The summed E-state index contributed by atoms with van der Waals surface area (Å²) < 4.78 is 4.93. The average Bonchev–Trinajstić information content (AvgIpc) is 3.08. The van der Waals surface area contributed by atoms with Gasteiger partial charge in [-0.2, -0.15) is 0 Å². The number of ether oxygens (including phenoxy) is 1. The quantitative estimate of drug-likeness (QED) is 0.778. The third-order valence-corrected chi connectivity index (χ3v) is 4.23. The fourth-order valence-electron chi connectivity index (χ4n) is 1.71. The molecule has 0 unspecified atom stereocenters. The summed E-state index contributed by atoms with van der Waals surface area (Å²) in [5.74, 6) is -0.976. The van der Waals surface area contributed by atoms with Crippen molar-refractivity contribution in [3.8, 4) is 0 Å². The van der Waals surface area contributed by atoms with Gasteiger partial charge in [0.25, 0.3) is 0 Å². The van der Waals surface area contributed by atoms with Crippen LogP contribution in [0.4, 0.5) is 10.1 Å². The minimum atomic E-state index is -0.467. The van der Waals surface area contributed by atoms with Crippen molar-refractivity contribution in [2.75, 3.05) is 17.2 Å². The highest BCUT2D eigenvalue weighted by molar-refractivity contribution is 7.14. The van der Waals surface area contributed by atoms with Gasteiger partial charge in [0.2, 0.25) is 11.8 Å². The van der Waals surface area contributed by atoms with E-state index >= 15 is 0 Å². The number of thiophene rings is 1. The maximum Gasteiger partial charge on any atom is 0.341 e. The predicted molar refractivity (Wildman–Crippen MR) is 89.0 cm³/mol. The number of esters is 1. The van der Waals surface area contributed by atoms with Gasteiger partial charge in [-0.05, 0) is 18.4 Å². The van der Waals surface area contributed by atoms with Crippen LogP contribution in [0.1, 0.15) is 29.9 Å². The second-order valence-corrected chi connectivity index (χ2v) is 6.21. The van der Waals surface area contributed by atoms with Gasteiger partial charge in [-0.1, -0.05) is 0 Å². The van der Waals surface area contributed by atoms with Gasteiger partial charge in [-0.15, -0.1) is 22.7 Å². The fraction of sp³-hybridized carbons (Fsp3) is 0.286. The lowest BCUT2D eigenvalue weighted by molar-refractivity contribution is -0.115. The first-order chi connectivity index (χ1) is 11.0. The third-order valence-electron chi connectivity index (χ3n) is 2.59. The van der Waals surface area contributed by atoms with Crippen LogP contribution in [0.15, 0.2) is 16.8 Å². The van der Waals surface area contributed by atoms with Crippen LogP contribution in [-0.4, -0.2) is 29.4 Å². The molecule has 0 saturated heterocycles. The van der Waals surface area contributed by atoms with E-state index in [1.165, 1.54) is 29.6 Å². The molecule has 0 atom stereocenters. The number of nitrogens with zero attached hydrogens (tertiary/aromatic N) is 1. The number of amides is 2. The monoisotopic (exact) mass is 353 g/mol. The van der Waals surface area contributed by atoms with E-state index < -0.39 is 5.97 Å². The number of anilines is 2. The minimum Gasteiger partial charge on any atom is -0.462 e. The van der Waals surface area contributed by atoms with E-state index in [0.29, 0.717) is 21.4 Å². The number of hydrogen-bond acceptors (Lipinski definition) is 7. The predicted octanol–water partition coefficient (Wildman–Crippen LogP) is 2.52. The molecular weight excluding hydrogens is 338 g/mol. The van der Waals surface area contributed by atoms with Crippen molar-refractivity contribution < 1.29 is 19.1 Å². The molecule has 0 radical (unpaired) electrons. The highest BCUT2D eigenvalue weighted by atomic mass is 32.1. The van der Waals surface area contributed by atoms with Gasteiger partial charge in [0.15, 0.2) is 5.13 Å². The van der Waals surface area contributed by atoms with Gasteiger partial charge in [-0.25, -0.2) is 9.78 Å². The second kappa shape index (κ2) is 7.84. The zero-order chi connectivity index (χ0) is 16.8. The van der Waals surface area contributed by atoms with Crippen LogP contribution in [-0.2, 0) is 20.7 Å². The summed E-state index contributed by atoms with van der Waals surface area (Å²) in [6.45, 7) is 3.38. The van der Waals surface area contributed by atoms with Crippen molar-refractivity contribution in [2.24, 2.45) is 0 Å². The van der Waals surface area contributed by atoms with Crippen LogP contribution < -0.4 is 10.6 Å². The zero-order valence-electron chi connectivity index (χ0n) is 12.5. The summed E-state index contributed by atoms with van der Waals surface area (Å²) in [5, 5.41) is 9.55. The van der Waals surface area contributed by atoms with Gasteiger partial charge < -0.3 is 15.4 Å².